The molecule has 1 N–H and O–H groups in total. The molecule has 5 nitrogen and oxygen atoms in total. The average Bonchev–Trinajstić information content (AvgIpc) is 3.04. The Hall–Kier alpha value is -1.52. The Morgan fingerprint density at radius 1 is 1.17 bits per heavy atom. The lowest BCUT2D eigenvalue weighted by molar-refractivity contribution is -0.127. The van der Waals surface area contributed by atoms with Gasteiger partial charge in [-0.1, -0.05) is 25.0 Å². The van der Waals surface area contributed by atoms with Gasteiger partial charge in [0.05, 0.1) is 0 Å². The summed E-state index contributed by atoms with van der Waals surface area (Å²) in [6.45, 7) is 1.22. The summed E-state index contributed by atoms with van der Waals surface area (Å²) in [5, 5.41) is 3.59. The first-order valence-electron chi connectivity index (χ1n) is 8.93. The zero-order valence-corrected chi connectivity index (χ0v) is 14.9. The molecule has 0 radical (unpaired) electrons. The van der Waals surface area contributed by atoms with Crippen molar-refractivity contribution in [2.45, 2.75) is 51.0 Å². The van der Waals surface area contributed by atoms with Crippen LogP contribution < -0.4 is 5.32 Å². The van der Waals surface area contributed by atoms with E-state index in [-0.39, 0.29) is 12.5 Å². The first-order chi connectivity index (χ1) is 11.1. The molecule has 0 spiro atoms. The van der Waals surface area contributed by atoms with Gasteiger partial charge >= 0.3 is 0 Å². The van der Waals surface area contributed by atoms with Crippen LogP contribution in [0.2, 0.25) is 0 Å². The van der Waals surface area contributed by atoms with E-state index in [9.17, 15) is 4.79 Å². The standard InChI is InChI=1S/C18H32N4O/c1-21(2)17(23)13-19-18(20-16-11-7-8-12-16)22(3)14-15-9-5-4-6-10-15/h4-5,15-16H,6-14H2,1-3H3,(H,19,20). The predicted octanol–water partition coefficient (Wildman–Crippen LogP) is 2.25. The molecule has 0 aromatic carbocycles. The first kappa shape index (κ1) is 17.8. The molecule has 0 aliphatic heterocycles. The number of carbonyl (C=O) groups is 1. The molecule has 0 heterocycles. The Labute approximate surface area is 140 Å². The second-order valence-electron chi connectivity index (χ2n) is 7.08. The zero-order valence-electron chi connectivity index (χ0n) is 14.9. The molecule has 130 valence electrons. The highest BCUT2D eigenvalue weighted by molar-refractivity contribution is 5.84. The number of hydrogen-bond donors (Lipinski definition) is 1. The molecule has 0 bridgehead atoms. The molecule has 2 aliphatic rings. The molecule has 2 aliphatic carbocycles. The van der Waals surface area contributed by atoms with E-state index >= 15 is 0 Å². The van der Waals surface area contributed by atoms with Gasteiger partial charge in [0.1, 0.15) is 6.54 Å². The second kappa shape index (κ2) is 8.94. The Kier molecular flexibility index (Phi) is 6.93. The molecule has 2 rings (SSSR count). The van der Waals surface area contributed by atoms with E-state index in [0.717, 1.165) is 18.9 Å². The van der Waals surface area contributed by atoms with Gasteiger partial charge < -0.3 is 15.1 Å². The third-order valence-corrected chi connectivity index (χ3v) is 4.82. The van der Waals surface area contributed by atoms with Crippen LogP contribution in [0.15, 0.2) is 17.1 Å². The fourth-order valence-electron chi connectivity index (χ4n) is 3.31. The van der Waals surface area contributed by atoms with E-state index in [1.54, 1.807) is 19.0 Å². The SMILES string of the molecule is CN(C)C(=O)CN=C(NC1CCCC1)N(C)CC1CC=CCC1. The van der Waals surface area contributed by atoms with Crippen molar-refractivity contribution in [3.05, 3.63) is 12.2 Å². The van der Waals surface area contributed by atoms with Crippen LogP contribution >= 0.6 is 0 Å². The van der Waals surface area contributed by atoms with Crippen molar-refractivity contribution in [1.29, 1.82) is 0 Å². The third-order valence-electron chi connectivity index (χ3n) is 4.82. The minimum atomic E-state index is 0.0460. The normalized spacial score (nSPS) is 22.2. The van der Waals surface area contributed by atoms with Crippen molar-refractivity contribution in [3.63, 3.8) is 0 Å². The minimum Gasteiger partial charge on any atom is -0.354 e. The zero-order chi connectivity index (χ0) is 16.7. The number of aliphatic imine (C=N–C) groups is 1. The number of nitrogens with zero attached hydrogens (tertiary/aromatic N) is 3. The Balaban J connectivity index is 1.96. The molecule has 1 unspecified atom stereocenters. The van der Waals surface area contributed by atoms with E-state index in [4.69, 9.17) is 0 Å². The molecular weight excluding hydrogens is 288 g/mol. The van der Waals surface area contributed by atoms with Gasteiger partial charge in [-0.25, -0.2) is 4.99 Å². The highest BCUT2D eigenvalue weighted by Gasteiger charge is 2.20. The first-order valence-corrected chi connectivity index (χ1v) is 8.93. The summed E-state index contributed by atoms with van der Waals surface area (Å²) in [6, 6.07) is 0.511. The Morgan fingerprint density at radius 2 is 1.91 bits per heavy atom. The van der Waals surface area contributed by atoms with Crippen molar-refractivity contribution in [2.24, 2.45) is 10.9 Å². The monoisotopic (exact) mass is 320 g/mol. The third kappa shape index (κ3) is 5.88. The molecule has 5 heteroatoms. The van der Waals surface area contributed by atoms with Gasteiger partial charge in [0.15, 0.2) is 5.96 Å². The molecule has 0 saturated heterocycles. The van der Waals surface area contributed by atoms with Crippen molar-refractivity contribution in [3.8, 4) is 0 Å². The van der Waals surface area contributed by atoms with Crippen LogP contribution in [0.5, 0.6) is 0 Å². The summed E-state index contributed by atoms with van der Waals surface area (Å²) < 4.78 is 0. The van der Waals surface area contributed by atoms with Crippen LogP contribution in [0.4, 0.5) is 0 Å². The quantitative estimate of drug-likeness (QED) is 0.480. The Bertz CT molecular complexity index is 438. The smallest absolute Gasteiger partial charge is 0.243 e. The lowest BCUT2D eigenvalue weighted by Crippen LogP contribution is -2.45. The van der Waals surface area contributed by atoms with Gasteiger partial charge in [0, 0.05) is 33.7 Å². The van der Waals surface area contributed by atoms with Gasteiger partial charge in [0.25, 0.3) is 0 Å². The maximum atomic E-state index is 11.9. The number of guanidine groups is 1. The van der Waals surface area contributed by atoms with Gasteiger partial charge in [-0.05, 0) is 38.0 Å². The number of rotatable bonds is 5. The topological polar surface area (TPSA) is 47.9 Å². The van der Waals surface area contributed by atoms with Crippen LogP contribution in [0.1, 0.15) is 44.9 Å². The molecule has 0 aromatic heterocycles. The van der Waals surface area contributed by atoms with E-state index in [1.807, 2.05) is 0 Å². The minimum absolute atomic E-state index is 0.0460. The lowest BCUT2D eigenvalue weighted by atomic mass is 9.94. The second-order valence-corrected chi connectivity index (χ2v) is 7.08. The van der Waals surface area contributed by atoms with Crippen LogP contribution in [-0.4, -0.2) is 61.9 Å². The van der Waals surface area contributed by atoms with Crippen molar-refractivity contribution < 1.29 is 4.79 Å². The van der Waals surface area contributed by atoms with Crippen LogP contribution in [0.25, 0.3) is 0 Å². The van der Waals surface area contributed by atoms with Gasteiger partial charge in [-0.15, -0.1) is 0 Å². The summed E-state index contributed by atoms with van der Waals surface area (Å²) in [4.78, 5) is 20.3. The molecule has 1 atom stereocenters. The highest BCUT2D eigenvalue weighted by atomic mass is 16.2. The maximum absolute atomic E-state index is 11.9. The number of likely N-dealkylation sites (N-methyl/N-ethyl adjacent to an activating group) is 1. The highest BCUT2D eigenvalue weighted by Crippen LogP contribution is 2.20. The van der Waals surface area contributed by atoms with Crippen LogP contribution in [0, 0.1) is 5.92 Å². The lowest BCUT2D eigenvalue weighted by Gasteiger charge is -2.29. The molecule has 1 saturated carbocycles. The van der Waals surface area contributed by atoms with Crippen LogP contribution in [-0.2, 0) is 4.79 Å². The average molecular weight is 320 g/mol. The number of hydrogen-bond acceptors (Lipinski definition) is 2. The van der Waals surface area contributed by atoms with Gasteiger partial charge in [-0.3, -0.25) is 4.79 Å². The van der Waals surface area contributed by atoms with Gasteiger partial charge in [-0.2, -0.15) is 0 Å². The number of amides is 1. The van der Waals surface area contributed by atoms with Gasteiger partial charge in [0.2, 0.25) is 5.91 Å². The molecule has 1 fully saturated rings. The van der Waals surface area contributed by atoms with E-state index in [2.05, 4.69) is 34.4 Å². The summed E-state index contributed by atoms with van der Waals surface area (Å²) in [7, 11) is 5.65. The molecular formula is C18H32N4O. The number of nitrogens with one attached hydrogen (secondary N) is 1. The van der Waals surface area contributed by atoms with E-state index < -0.39 is 0 Å². The summed E-state index contributed by atoms with van der Waals surface area (Å²) in [5.74, 6) is 1.62. The predicted molar refractivity (Wildman–Crippen MR) is 95.5 cm³/mol. The van der Waals surface area contributed by atoms with Crippen molar-refractivity contribution in [1.82, 2.24) is 15.1 Å². The fraction of sp³-hybridized carbons (Fsp3) is 0.778. The Morgan fingerprint density at radius 3 is 2.52 bits per heavy atom. The van der Waals surface area contributed by atoms with E-state index in [0.29, 0.717) is 12.0 Å². The summed E-state index contributed by atoms with van der Waals surface area (Å²) >= 11 is 0. The van der Waals surface area contributed by atoms with Crippen molar-refractivity contribution in [2.75, 3.05) is 34.2 Å². The maximum Gasteiger partial charge on any atom is 0.243 e. The number of carbonyl (C=O) groups excluding carboxylic acids is 1. The number of allylic oxidation sites excluding steroid dienone is 2. The molecule has 1 amide bonds. The molecule has 0 aromatic rings. The van der Waals surface area contributed by atoms with E-state index in [1.165, 1.54) is 38.5 Å². The fourth-order valence-corrected chi connectivity index (χ4v) is 3.31. The summed E-state index contributed by atoms with van der Waals surface area (Å²) in [5.41, 5.74) is 0. The van der Waals surface area contributed by atoms with Crippen LogP contribution in [0.3, 0.4) is 0 Å². The largest absolute Gasteiger partial charge is 0.354 e. The summed E-state index contributed by atoms with van der Waals surface area (Å²) in [6.07, 6.45) is 13.1. The van der Waals surface area contributed by atoms with Crippen molar-refractivity contribution >= 4 is 11.9 Å². The molecule has 23 heavy (non-hydrogen) atoms.